The fourth-order valence-electron chi connectivity index (χ4n) is 1.41. The maximum Gasteiger partial charge on any atom is 0.324 e. The van der Waals surface area contributed by atoms with Crippen molar-refractivity contribution in [2.75, 3.05) is 6.61 Å². The van der Waals surface area contributed by atoms with E-state index in [0.717, 1.165) is 0 Å². The summed E-state index contributed by atoms with van der Waals surface area (Å²) in [5.74, 6) is -0.633. The van der Waals surface area contributed by atoms with Crippen molar-refractivity contribution >= 4 is 15.8 Å². The number of sulfone groups is 1. The van der Waals surface area contributed by atoms with Gasteiger partial charge in [0.25, 0.3) is 0 Å². The average Bonchev–Trinajstić information content (AvgIpc) is 2.17. The molecule has 0 amide bonds. The quantitative estimate of drug-likeness (QED) is 0.674. The predicted octanol–water partition coefficient (Wildman–Crippen LogP) is 1.79. The Morgan fingerprint density at radius 1 is 1.19 bits per heavy atom. The highest BCUT2D eigenvalue weighted by molar-refractivity contribution is 7.93. The molecule has 5 heteroatoms. The van der Waals surface area contributed by atoms with Gasteiger partial charge in [-0.25, -0.2) is 8.42 Å². The third kappa shape index (κ3) is 3.47. The summed E-state index contributed by atoms with van der Waals surface area (Å²) in [7, 11) is -3.45. The molecule has 0 aliphatic rings. The third-order valence-corrected chi connectivity index (χ3v) is 5.67. The first-order valence-corrected chi connectivity index (χ1v) is 7.29. The Kier molecular flexibility index (Phi) is 6.00. The van der Waals surface area contributed by atoms with Crippen LogP contribution in [0.4, 0.5) is 0 Å². The van der Waals surface area contributed by atoms with Crippen LogP contribution in [0, 0.1) is 5.92 Å². The van der Waals surface area contributed by atoms with Gasteiger partial charge in [-0.1, -0.05) is 20.8 Å². The Hall–Kier alpha value is -0.580. The molecular weight excluding hydrogens is 228 g/mol. The molecular formula is C11H22O4S. The molecule has 96 valence electrons. The molecule has 0 fully saturated rings. The van der Waals surface area contributed by atoms with Gasteiger partial charge in [-0.15, -0.1) is 0 Å². The van der Waals surface area contributed by atoms with Crippen molar-refractivity contribution in [3.8, 4) is 0 Å². The van der Waals surface area contributed by atoms with Gasteiger partial charge in [0, 0.05) is 0 Å². The van der Waals surface area contributed by atoms with Gasteiger partial charge in [-0.2, -0.15) is 0 Å². The minimum absolute atomic E-state index is 0.00604. The second-order valence-corrected chi connectivity index (χ2v) is 6.68. The molecule has 0 aromatic heterocycles. The van der Waals surface area contributed by atoms with E-state index >= 15 is 0 Å². The molecule has 0 saturated heterocycles. The Balaban J connectivity index is 5.02. The lowest BCUT2D eigenvalue weighted by Gasteiger charge is -2.21. The number of rotatable bonds is 6. The van der Waals surface area contributed by atoms with Crippen molar-refractivity contribution in [3.05, 3.63) is 0 Å². The molecule has 0 heterocycles. The fourth-order valence-corrected chi connectivity index (χ4v) is 3.48. The zero-order valence-electron chi connectivity index (χ0n) is 10.7. The van der Waals surface area contributed by atoms with E-state index in [-0.39, 0.29) is 18.9 Å². The second kappa shape index (κ2) is 6.23. The van der Waals surface area contributed by atoms with E-state index in [4.69, 9.17) is 4.74 Å². The first-order chi connectivity index (χ1) is 7.28. The number of carbonyl (C=O) groups is 1. The average molecular weight is 250 g/mol. The summed E-state index contributed by atoms with van der Waals surface area (Å²) in [4.78, 5) is 11.5. The van der Waals surface area contributed by atoms with Gasteiger partial charge in [0.05, 0.1) is 11.9 Å². The highest BCUT2D eigenvalue weighted by Crippen LogP contribution is 2.20. The minimum Gasteiger partial charge on any atom is -0.465 e. The fraction of sp³-hybridized carbons (Fsp3) is 0.909. The normalized spacial score (nSPS) is 15.9. The molecule has 2 unspecified atom stereocenters. The molecule has 0 aliphatic heterocycles. The Bertz CT molecular complexity index is 319. The van der Waals surface area contributed by atoms with Crippen LogP contribution in [0.1, 0.15) is 41.0 Å². The standard InChI is InChI=1S/C11H22O4S/c1-6-10(11(12)15-7-2)16(13,14)9(5)8(3)4/h8-10H,6-7H2,1-5H3. The van der Waals surface area contributed by atoms with Crippen LogP contribution in [0.25, 0.3) is 0 Å². The molecule has 2 atom stereocenters. The molecule has 0 saturated carbocycles. The molecule has 0 aromatic carbocycles. The highest BCUT2D eigenvalue weighted by Gasteiger charge is 2.37. The van der Waals surface area contributed by atoms with Crippen LogP contribution in [0.2, 0.25) is 0 Å². The summed E-state index contributed by atoms with van der Waals surface area (Å²) in [6.07, 6.45) is 0.262. The smallest absolute Gasteiger partial charge is 0.324 e. The van der Waals surface area contributed by atoms with E-state index in [9.17, 15) is 13.2 Å². The predicted molar refractivity (Wildman–Crippen MR) is 63.9 cm³/mol. The van der Waals surface area contributed by atoms with Crippen LogP contribution >= 0.6 is 0 Å². The molecule has 0 aliphatic carbocycles. The molecule has 0 spiro atoms. The third-order valence-electron chi connectivity index (χ3n) is 2.77. The summed E-state index contributed by atoms with van der Waals surface area (Å²) in [6.45, 7) is 8.87. The van der Waals surface area contributed by atoms with Gasteiger partial charge < -0.3 is 4.74 Å². The summed E-state index contributed by atoms with van der Waals surface area (Å²) in [5.41, 5.74) is 0. The monoisotopic (exact) mass is 250 g/mol. The van der Waals surface area contributed by atoms with Crippen molar-refractivity contribution in [1.82, 2.24) is 0 Å². The van der Waals surface area contributed by atoms with Crippen molar-refractivity contribution in [2.24, 2.45) is 5.92 Å². The highest BCUT2D eigenvalue weighted by atomic mass is 32.2. The number of carbonyl (C=O) groups excluding carboxylic acids is 1. The Labute approximate surface area is 98.3 Å². The Morgan fingerprint density at radius 3 is 2.00 bits per heavy atom. The van der Waals surface area contributed by atoms with E-state index in [0.29, 0.717) is 0 Å². The van der Waals surface area contributed by atoms with Gasteiger partial charge in [-0.3, -0.25) is 4.79 Å². The lowest BCUT2D eigenvalue weighted by molar-refractivity contribution is -0.142. The number of hydrogen-bond acceptors (Lipinski definition) is 4. The molecule has 0 aromatic rings. The van der Waals surface area contributed by atoms with Crippen molar-refractivity contribution in [2.45, 2.75) is 51.5 Å². The topological polar surface area (TPSA) is 60.4 Å². The second-order valence-electron chi connectivity index (χ2n) is 4.19. The number of ether oxygens (including phenoxy) is 1. The molecule has 0 bridgehead atoms. The summed E-state index contributed by atoms with van der Waals surface area (Å²) >= 11 is 0. The zero-order chi connectivity index (χ0) is 12.9. The molecule has 0 N–H and O–H groups in total. The van der Waals surface area contributed by atoms with Gasteiger partial charge in [0.15, 0.2) is 15.1 Å². The first-order valence-electron chi connectivity index (χ1n) is 5.68. The lowest BCUT2D eigenvalue weighted by Crippen LogP contribution is -2.39. The van der Waals surface area contributed by atoms with E-state index in [2.05, 4.69) is 0 Å². The van der Waals surface area contributed by atoms with E-state index in [1.807, 2.05) is 13.8 Å². The van der Waals surface area contributed by atoms with E-state index < -0.39 is 26.3 Å². The molecule has 0 radical (unpaired) electrons. The van der Waals surface area contributed by atoms with Crippen LogP contribution in [0.3, 0.4) is 0 Å². The van der Waals surface area contributed by atoms with Crippen LogP contribution in [-0.2, 0) is 19.4 Å². The van der Waals surface area contributed by atoms with Gasteiger partial charge in [0.2, 0.25) is 0 Å². The van der Waals surface area contributed by atoms with Crippen molar-refractivity contribution in [1.29, 1.82) is 0 Å². The van der Waals surface area contributed by atoms with Crippen LogP contribution in [0.15, 0.2) is 0 Å². The maximum absolute atomic E-state index is 12.1. The van der Waals surface area contributed by atoms with Crippen LogP contribution < -0.4 is 0 Å². The first kappa shape index (κ1) is 15.4. The number of hydrogen-bond donors (Lipinski definition) is 0. The van der Waals surface area contributed by atoms with Gasteiger partial charge >= 0.3 is 5.97 Å². The molecule has 16 heavy (non-hydrogen) atoms. The van der Waals surface area contributed by atoms with Crippen LogP contribution in [-0.4, -0.2) is 31.5 Å². The molecule has 4 nitrogen and oxygen atoms in total. The van der Waals surface area contributed by atoms with Gasteiger partial charge in [0.1, 0.15) is 0 Å². The maximum atomic E-state index is 12.1. The van der Waals surface area contributed by atoms with Gasteiger partial charge in [-0.05, 0) is 26.2 Å². The molecule has 0 rings (SSSR count). The largest absolute Gasteiger partial charge is 0.465 e. The van der Waals surface area contributed by atoms with Crippen molar-refractivity contribution < 1.29 is 17.9 Å². The minimum atomic E-state index is -3.45. The lowest BCUT2D eigenvalue weighted by atomic mass is 10.2. The SMILES string of the molecule is CCOC(=O)C(CC)S(=O)(=O)C(C)C(C)C. The van der Waals surface area contributed by atoms with E-state index in [1.54, 1.807) is 20.8 Å². The number of esters is 1. The van der Waals surface area contributed by atoms with Crippen molar-refractivity contribution in [3.63, 3.8) is 0 Å². The van der Waals surface area contributed by atoms with Crippen LogP contribution in [0.5, 0.6) is 0 Å². The summed E-state index contributed by atoms with van der Waals surface area (Å²) < 4.78 is 29.0. The van der Waals surface area contributed by atoms with E-state index in [1.165, 1.54) is 0 Å². The Morgan fingerprint density at radius 2 is 1.69 bits per heavy atom. The summed E-state index contributed by atoms with van der Waals surface area (Å²) in [5, 5.41) is -1.55. The zero-order valence-corrected chi connectivity index (χ0v) is 11.5. The summed E-state index contributed by atoms with van der Waals surface area (Å²) in [6, 6.07) is 0.